The number of carbonyl (C=O) groups excluding carboxylic acids is 1. The van der Waals surface area contributed by atoms with E-state index in [2.05, 4.69) is 5.32 Å². The predicted octanol–water partition coefficient (Wildman–Crippen LogP) is 3.20. The van der Waals surface area contributed by atoms with Gasteiger partial charge in [0.1, 0.15) is 4.21 Å². The molecule has 1 N–H and O–H groups in total. The van der Waals surface area contributed by atoms with Crippen molar-refractivity contribution in [2.75, 3.05) is 0 Å². The van der Waals surface area contributed by atoms with Gasteiger partial charge in [0, 0.05) is 22.0 Å². The van der Waals surface area contributed by atoms with E-state index < -0.39 is 40.0 Å². The molecule has 0 saturated carbocycles. The molecule has 1 rings (SSSR count). The smallest absolute Gasteiger partial charge is 0.349 e. The lowest BCUT2D eigenvalue weighted by Gasteiger charge is -2.12. The lowest BCUT2D eigenvalue weighted by Crippen LogP contribution is -2.27. The number of halogens is 4. The summed E-state index contributed by atoms with van der Waals surface area (Å²) < 4.78 is 57.9. The van der Waals surface area contributed by atoms with Crippen molar-refractivity contribution in [3.8, 4) is 0 Å². The summed E-state index contributed by atoms with van der Waals surface area (Å²) >= 11 is 0.857. The van der Waals surface area contributed by atoms with Gasteiger partial charge in [-0.05, 0) is 19.1 Å². The quantitative estimate of drug-likeness (QED) is 0.830. The molecule has 0 spiro atoms. The summed E-state index contributed by atoms with van der Waals surface area (Å²) in [4.78, 5) is 11.8. The van der Waals surface area contributed by atoms with Gasteiger partial charge in [-0.2, -0.15) is 13.2 Å². The summed E-state index contributed by atoms with van der Waals surface area (Å²) in [6.07, 6.45) is -6.25. The second kappa shape index (κ2) is 6.31. The van der Waals surface area contributed by atoms with Gasteiger partial charge < -0.3 is 5.32 Å². The van der Waals surface area contributed by atoms with E-state index in [-0.39, 0.29) is 4.21 Å². The van der Waals surface area contributed by atoms with Gasteiger partial charge in [-0.15, -0.1) is 11.3 Å². The van der Waals surface area contributed by atoms with Gasteiger partial charge in [0.15, 0.2) is 0 Å². The largest absolute Gasteiger partial charge is 0.389 e. The number of carbonyl (C=O) groups is 1. The number of nitrogens with one attached hydrogen (secondary N) is 1. The van der Waals surface area contributed by atoms with Gasteiger partial charge in [-0.25, -0.2) is 8.42 Å². The van der Waals surface area contributed by atoms with E-state index in [1.807, 2.05) is 0 Å². The topological polar surface area (TPSA) is 63.2 Å². The Bertz CT molecular complexity index is 583. The first kappa shape index (κ1) is 17.3. The van der Waals surface area contributed by atoms with Gasteiger partial charge in [0.05, 0.1) is 12.5 Å². The van der Waals surface area contributed by atoms with Crippen LogP contribution in [0.25, 0.3) is 0 Å². The molecule has 0 aliphatic heterocycles. The van der Waals surface area contributed by atoms with E-state index >= 15 is 0 Å². The molecule has 0 saturated heterocycles. The first-order chi connectivity index (χ1) is 8.99. The second-order valence-electron chi connectivity index (χ2n) is 4.00. The minimum absolute atomic E-state index is 0.0782. The number of thiophene rings is 1. The van der Waals surface area contributed by atoms with E-state index in [0.717, 1.165) is 11.3 Å². The average Bonchev–Trinajstić information content (AvgIpc) is 2.74. The number of rotatable bonds is 5. The molecule has 0 bridgehead atoms. The van der Waals surface area contributed by atoms with E-state index in [1.54, 1.807) is 6.92 Å². The molecule has 0 fully saturated rings. The van der Waals surface area contributed by atoms with Crippen LogP contribution >= 0.6 is 22.0 Å². The molecule has 1 aromatic heterocycles. The number of alkyl halides is 3. The molecule has 10 heteroatoms. The zero-order chi connectivity index (χ0) is 15.6. The molecule has 0 radical (unpaired) electrons. The molecule has 4 nitrogen and oxygen atoms in total. The van der Waals surface area contributed by atoms with Crippen LogP contribution in [0.2, 0.25) is 0 Å². The van der Waals surface area contributed by atoms with Crippen molar-refractivity contribution in [1.29, 1.82) is 0 Å². The lowest BCUT2D eigenvalue weighted by molar-refractivity contribution is -0.144. The minimum atomic E-state index is -4.39. The van der Waals surface area contributed by atoms with Crippen molar-refractivity contribution >= 4 is 37.0 Å². The van der Waals surface area contributed by atoms with Crippen LogP contribution in [0.5, 0.6) is 0 Å². The normalized spacial score (nSPS) is 14.1. The average molecular weight is 350 g/mol. The van der Waals surface area contributed by atoms with Gasteiger partial charge in [-0.1, -0.05) is 0 Å². The summed E-state index contributed by atoms with van der Waals surface area (Å²) in [5.74, 6) is -0.751. The highest BCUT2D eigenvalue weighted by molar-refractivity contribution is 8.15. The highest BCUT2D eigenvalue weighted by Gasteiger charge is 2.28. The standard InChI is InChI=1S/C10H11ClF3NO3S2/c1-6(15-8(16)4-5-10(12,13)14)7-2-3-9(19-7)20(11,17)18/h2-3,6H,4-5H2,1H3,(H,15,16). The summed E-state index contributed by atoms with van der Waals surface area (Å²) in [6.45, 7) is 1.54. The van der Waals surface area contributed by atoms with Crippen LogP contribution in [0, 0.1) is 0 Å². The molecule has 1 heterocycles. The fourth-order valence-electron chi connectivity index (χ4n) is 1.34. The predicted molar refractivity (Wildman–Crippen MR) is 69.2 cm³/mol. The summed E-state index contributed by atoms with van der Waals surface area (Å²) in [5.41, 5.74) is 0. The maximum absolute atomic E-state index is 12.0. The Labute approximate surface area is 122 Å². The van der Waals surface area contributed by atoms with Crippen LogP contribution in [0.4, 0.5) is 13.2 Å². The van der Waals surface area contributed by atoms with Crippen LogP contribution in [0.1, 0.15) is 30.7 Å². The van der Waals surface area contributed by atoms with Gasteiger partial charge in [-0.3, -0.25) is 4.79 Å². The van der Waals surface area contributed by atoms with Gasteiger partial charge >= 0.3 is 6.18 Å². The van der Waals surface area contributed by atoms with Crippen LogP contribution < -0.4 is 5.32 Å². The van der Waals surface area contributed by atoms with Crippen molar-refractivity contribution in [1.82, 2.24) is 5.32 Å². The van der Waals surface area contributed by atoms with Crippen molar-refractivity contribution in [3.63, 3.8) is 0 Å². The van der Waals surface area contributed by atoms with E-state index in [9.17, 15) is 26.4 Å². The molecule has 1 unspecified atom stereocenters. The van der Waals surface area contributed by atoms with Crippen LogP contribution in [0.3, 0.4) is 0 Å². The van der Waals surface area contributed by atoms with Gasteiger partial charge in [0.25, 0.3) is 9.05 Å². The Morgan fingerprint density at radius 1 is 1.45 bits per heavy atom. The Kier molecular flexibility index (Phi) is 5.45. The third-order valence-corrected chi connectivity index (χ3v) is 5.64. The zero-order valence-corrected chi connectivity index (χ0v) is 12.6. The zero-order valence-electron chi connectivity index (χ0n) is 10.2. The van der Waals surface area contributed by atoms with E-state index in [4.69, 9.17) is 10.7 Å². The van der Waals surface area contributed by atoms with Crippen LogP contribution in [-0.2, 0) is 13.8 Å². The monoisotopic (exact) mass is 349 g/mol. The Balaban J connectivity index is 2.61. The van der Waals surface area contributed by atoms with Crippen molar-refractivity contribution < 1.29 is 26.4 Å². The Morgan fingerprint density at radius 3 is 2.50 bits per heavy atom. The molecule has 0 aliphatic carbocycles. The fourth-order valence-corrected chi connectivity index (χ4v) is 3.43. The summed E-state index contributed by atoms with van der Waals surface area (Å²) in [6, 6.07) is 2.14. The van der Waals surface area contributed by atoms with Crippen molar-refractivity contribution in [2.45, 2.75) is 36.2 Å². The van der Waals surface area contributed by atoms with Crippen LogP contribution in [-0.4, -0.2) is 20.5 Å². The maximum atomic E-state index is 12.0. The number of hydrogen-bond acceptors (Lipinski definition) is 4. The van der Waals surface area contributed by atoms with Crippen molar-refractivity contribution in [3.05, 3.63) is 17.0 Å². The summed E-state index contributed by atoms with van der Waals surface area (Å²) in [7, 11) is 1.31. The molecule has 20 heavy (non-hydrogen) atoms. The minimum Gasteiger partial charge on any atom is -0.349 e. The highest BCUT2D eigenvalue weighted by atomic mass is 35.7. The Hall–Kier alpha value is -0.800. The number of hydrogen-bond donors (Lipinski definition) is 1. The first-order valence-corrected chi connectivity index (χ1v) is 8.52. The first-order valence-electron chi connectivity index (χ1n) is 5.39. The maximum Gasteiger partial charge on any atom is 0.389 e. The SMILES string of the molecule is CC(NC(=O)CCC(F)(F)F)c1ccc(S(=O)(=O)Cl)s1. The molecule has 0 aliphatic rings. The molecular formula is C10H11ClF3NO3S2. The molecule has 1 aromatic rings. The molecule has 0 aromatic carbocycles. The van der Waals surface area contributed by atoms with Gasteiger partial charge in [0.2, 0.25) is 5.91 Å². The Morgan fingerprint density at radius 2 is 2.05 bits per heavy atom. The van der Waals surface area contributed by atoms with Crippen LogP contribution in [0.15, 0.2) is 16.3 Å². The fraction of sp³-hybridized carbons (Fsp3) is 0.500. The third-order valence-electron chi connectivity index (χ3n) is 2.28. The van der Waals surface area contributed by atoms with E-state index in [0.29, 0.717) is 4.88 Å². The molecule has 114 valence electrons. The second-order valence-corrected chi connectivity index (χ2v) is 7.91. The third kappa shape index (κ3) is 5.68. The van der Waals surface area contributed by atoms with Crippen molar-refractivity contribution in [2.24, 2.45) is 0 Å². The summed E-state index contributed by atoms with van der Waals surface area (Å²) in [5, 5.41) is 2.37. The molecular weight excluding hydrogens is 339 g/mol. The highest BCUT2D eigenvalue weighted by Crippen LogP contribution is 2.29. The number of amides is 1. The lowest BCUT2D eigenvalue weighted by atomic mass is 10.2. The molecule has 1 atom stereocenters. The molecule has 1 amide bonds. The van der Waals surface area contributed by atoms with E-state index in [1.165, 1.54) is 12.1 Å².